The summed E-state index contributed by atoms with van der Waals surface area (Å²) in [5.41, 5.74) is 2.63. The van der Waals surface area contributed by atoms with Crippen LogP contribution in [0.3, 0.4) is 0 Å². The molecule has 0 radical (unpaired) electrons. The zero-order valence-corrected chi connectivity index (χ0v) is 18.6. The van der Waals surface area contributed by atoms with Crippen LogP contribution in [-0.4, -0.2) is 17.6 Å². The van der Waals surface area contributed by atoms with E-state index < -0.39 is 6.04 Å². The van der Waals surface area contributed by atoms with Gasteiger partial charge in [-0.2, -0.15) is 0 Å². The first kappa shape index (κ1) is 20.9. The number of phenolic OH excluding ortho intramolecular Hbond substituents is 1. The highest BCUT2D eigenvalue weighted by Gasteiger charge is 2.22. The molecule has 0 fully saturated rings. The maximum atomic E-state index is 12.9. The molecule has 0 heterocycles. The lowest BCUT2D eigenvalue weighted by Crippen LogP contribution is -2.33. The number of ether oxygens (including phenoxy) is 1. The minimum Gasteiger partial charge on any atom is -0.508 e. The number of nitrogens with one attached hydrogen (secondary N) is 1. The minimum absolute atomic E-state index is 0.134. The third kappa shape index (κ3) is 4.72. The Balaban J connectivity index is 1.64. The molecule has 0 saturated heterocycles. The van der Waals surface area contributed by atoms with Gasteiger partial charge in [0.1, 0.15) is 11.5 Å². The Morgan fingerprint density at radius 2 is 1.74 bits per heavy atom. The summed E-state index contributed by atoms with van der Waals surface area (Å²) in [4.78, 5) is 12.9. The lowest BCUT2D eigenvalue weighted by Gasteiger charge is -2.23. The standard InChI is InChI=1S/C26H22BrNO3/c1-17-11-14-23(21(27)15-17)31-16-24(30)28-26(19-8-3-2-4-9-19)25-20-10-6-5-7-18(20)12-13-22(25)29/h2-15,26,29H,16H2,1H3,(H,28,30). The summed E-state index contributed by atoms with van der Waals surface area (Å²) in [6.07, 6.45) is 0. The van der Waals surface area contributed by atoms with Gasteiger partial charge in [-0.15, -0.1) is 0 Å². The molecule has 0 spiro atoms. The first-order valence-corrected chi connectivity index (χ1v) is 10.8. The van der Waals surface area contributed by atoms with Gasteiger partial charge in [-0.3, -0.25) is 4.79 Å². The van der Waals surface area contributed by atoms with Crippen LogP contribution in [0.15, 0.2) is 89.4 Å². The Hall–Kier alpha value is -3.31. The summed E-state index contributed by atoms with van der Waals surface area (Å²) in [5, 5.41) is 15.7. The second kappa shape index (κ2) is 9.23. The molecule has 4 aromatic rings. The van der Waals surface area contributed by atoms with E-state index in [0.29, 0.717) is 11.3 Å². The average Bonchev–Trinajstić information content (AvgIpc) is 2.78. The zero-order valence-electron chi connectivity index (χ0n) is 17.0. The fourth-order valence-electron chi connectivity index (χ4n) is 3.62. The summed E-state index contributed by atoms with van der Waals surface area (Å²) in [5.74, 6) is 0.453. The number of hydrogen-bond donors (Lipinski definition) is 2. The first-order valence-electron chi connectivity index (χ1n) is 9.97. The van der Waals surface area contributed by atoms with E-state index >= 15 is 0 Å². The average molecular weight is 476 g/mol. The van der Waals surface area contributed by atoms with Crippen molar-refractivity contribution >= 4 is 32.6 Å². The van der Waals surface area contributed by atoms with Crippen LogP contribution in [-0.2, 0) is 4.79 Å². The van der Waals surface area contributed by atoms with E-state index in [1.54, 1.807) is 6.07 Å². The third-order valence-corrected chi connectivity index (χ3v) is 5.74. The van der Waals surface area contributed by atoms with Crippen molar-refractivity contribution in [2.24, 2.45) is 0 Å². The second-order valence-electron chi connectivity index (χ2n) is 7.35. The molecule has 2 N–H and O–H groups in total. The number of rotatable bonds is 6. The van der Waals surface area contributed by atoms with Gasteiger partial charge in [-0.25, -0.2) is 0 Å². The van der Waals surface area contributed by atoms with Crippen molar-refractivity contribution in [3.8, 4) is 11.5 Å². The van der Waals surface area contributed by atoms with Gasteiger partial charge in [0.05, 0.1) is 10.5 Å². The number of phenols is 1. The minimum atomic E-state index is -0.523. The van der Waals surface area contributed by atoms with E-state index in [9.17, 15) is 9.90 Å². The highest BCUT2D eigenvalue weighted by Crippen LogP contribution is 2.35. The molecule has 0 bridgehead atoms. The van der Waals surface area contributed by atoms with Gasteiger partial charge in [-0.1, -0.05) is 66.7 Å². The van der Waals surface area contributed by atoms with Crippen LogP contribution in [0.2, 0.25) is 0 Å². The van der Waals surface area contributed by atoms with Crippen molar-refractivity contribution in [1.29, 1.82) is 0 Å². The number of halogens is 1. The number of aromatic hydroxyl groups is 1. The van der Waals surface area contributed by atoms with E-state index in [-0.39, 0.29) is 18.3 Å². The van der Waals surface area contributed by atoms with Crippen molar-refractivity contribution in [2.45, 2.75) is 13.0 Å². The van der Waals surface area contributed by atoms with Gasteiger partial charge in [0.2, 0.25) is 0 Å². The van der Waals surface area contributed by atoms with Crippen molar-refractivity contribution in [3.63, 3.8) is 0 Å². The number of aryl methyl sites for hydroxylation is 1. The monoisotopic (exact) mass is 475 g/mol. The Morgan fingerprint density at radius 1 is 1.00 bits per heavy atom. The van der Waals surface area contributed by atoms with Gasteiger partial charge in [0, 0.05) is 5.56 Å². The summed E-state index contributed by atoms with van der Waals surface area (Å²) in [6, 6.07) is 26.1. The van der Waals surface area contributed by atoms with Gasteiger partial charge < -0.3 is 15.2 Å². The predicted molar refractivity (Wildman–Crippen MR) is 126 cm³/mol. The van der Waals surface area contributed by atoms with Crippen molar-refractivity contribution < 1.29 is 14.6 Å². The van der Waals surface area contributed by atoms with Crippen LogP contribution in [0.25, 0.3) is 10.8 Å². The van der Waals surface area contributed by atoms with Crippen molar-refractivity contribution in [1.82, 2.24) is 5.32 Å². The number of hydrogen-bond acceptors (Lipinski definition) is 3. The predicted octanol–water partition coefficient (Wildman–Crippen LogP) is 5.90. The van der Waals surface area contributed by atoms with E-state index in [4.69, 9.17) is 4.74 Å². The Morgan fingerprint density at radius 3 is 2.52 bits per heavy atom. The molecule has 0 aliphatic carbocycles. The molecule has 5 heteroatoms. The molecular weight excluding hydrogens is 454 g/mol. The highest BCUT2D eigenvalue weighted by molar-refractivity contribution is 9.10. The molecule has 4 nitrogen and oxygen atoms in total. The van der Waals surface area contributed by atoms with E-state index in [1.165, 1.54) is 0 Å². The lowest BCUT2D eigenvalue weighted by atomic mass is 9.92. The van der Waals surface area contributed by atoms with Crippen molar-refractivity contribution in [3.05, 3.63) is 106 Å². The number of benzene rings is 4. The fourth-order valence-corrected chi connectivity index (χ4v) is 4.23. The molecule has 0 aromatic heterocycles. The van der Waals surface area contributed by atoms with Gasteiger partial charge in [0.25, 0.3) is 5.91 Å². The molecule has 31 heavy (non-hydrogen) atoms. The first-order chi connectivity index (χ1) is 15.0. The number of amides is 1. The summed E-state index contributed by atoms with van der Waals surface area (Å²) >= 11 is 3.47. The summed E-state index contributed by atoms with van der Waals surface area (Å²) < 4.78 is 6.52. The third-order valence-electron chi connectivity index (χ3n) is 5.12. The quantitative estimate of drug-likeness (QED) is 0.364. The molecule has 4 rings (SSSR count). The summed E-state index contributed by atoms with van der Waals surface area (Å²) in [6.45, 7) is 1.85. The molecular formula is C26H22BrNO3. The fraction of sp³-hybridized carbons (Fsp3) is 0.115. The van der Waals surface area contributed by atoms with Crippen LogP contribution >= 0.6 is 15.9 Å². The van der Waals surface area contributed by atoms with Crippen LogP contribution in [0.4, 0.5) is 0 Å². The van der Waals surface area contributed by atoms with E-state index in [2.05, 4.69) is 21.2 Å². The maximum absolute atomic E-state index is 12.9. The smallest absolute Gasteiger partial charge is 0.258 e. The van der Waals surface area contributed by atoms with Gasteiger partial charge >= 0.3 is 0 Å². The SMILES string of the molecule is Cc1ccc(OCC(=O)NC(c2ccccc2)c2c(O)ccc3ccccc23)c(Br)c1. The molecule has 0 saturated carbocycles. The highest BCUT2D eigenvalue weighted by atomic mass is 79.9. The zero-order chi connectivity index (χ0) is 21.8. The second-order valence-corrected chi connectivity index (χ2v) is 8.21. The Labute approximate surface area is 189 Å². The van der Waals surface area contributed by atoms with Gasteiger partial charge in [-0.05, 0) is 63.0 Å². The van der Waals surface area contributed by atoms with Crippen LogP contribution in [0.5, 0.6) is 11.5 Å². The van der Waals surface area contributed by atoms with Crippen LogP contribution < -0.4 is 10.1 Å². The normalized spacial score (nSPS) is 11.8. The van der Waals surface area contributed by atoms with Crippen LogP contribution in [0, 0.1) is 6.92 Å². The molecule has 1 atom stereocenters. The number of carbonyl (C=O) groups is 1. The molecule has 1 amide bonds. The van der Waals surface area contributed by atoms with Gasteiger partial charge in [0.15, 0.2) is 6.61 Å². The van der Waals surface area contributed by atoms with Crippen LogP contribution in [0.1, 0.15) is 22.7 Å². The molecule has 1 unspecified atom stereocenters. The molecule has 0 aliphatic heterocycles. The molecule has 4 aromatic carbocycles. The topological polar surface area (TPSA) is 58.6 Å². The number of fused-ring (bicyclic) bond motifs is 1. The largest absolute Gasteiger partial charge is 0.508 e. The lowest BCUT2D eigenvalue weighted by molar-refractivity contribution is -0.123. The number of carbonyl (C=O) groups excluding carboxylic acids is 1. The maximum Gasteiger partial charge on any atom is 0.258 e. The molecule has 156 valence electrons. The Bertz CT molecular complexity index is 1220. The Kier molecular flexibility index (Phi) is 6.23. The van der Waals surface area contributed by atoms with E-state index in [1.807, 2.05) is 85.8 Å². The van der Waals surface area contributed by atoms with E-state index in [0.717, 1.165) is 26.4 Å². The van der Waals surface area contributed by atoms with Crippen molar-refractivity contribution in [2.75, 3.05) is 6.61 Å². The molecule has 0 aliphatic rings. The summed E-state index contributed by atoms with van der Waals surface area (Å²) in [7, 11) is 0.